The van der Waals surface area contributed by atoms with E-state index in [-0.39, 0.29) is 4.90 Å². The molecule has 3 rings (SSSR count). The second kappa shape index (κ2) is 4.88. The molecule has 1 N–H and O–H groups in total. The van der Waals surface area contributed by atoms with E-state index in [1.807, 2.05) is 17.5 Å². The molecule has 3 aromatic rings. The average molecular weight is 307 g/mol. The number of sulfonamides is 1. The van der Waals surface area contributed by atoms with Crippen LogP contribution >= 0.6 is 11.3 Å². The lowest BCUT2D eigenvalue weighted by Crippen LogP contribution is -2.14. The molecule has 0 radical (unpaired) electrons. The highest BCUT2D eigenvalue weighted by molar-refractivity contribution is 7.92. The second-order valence-corrected chi connectivity index (χ2v) is 6.81. The van der Waals surface area contributed by atoms with E-state index in [9.17, 15) is 12.8 Å². The summed E-state index contributed by atoms with van der Waals surface area (Å²) in [5, 5.41) is 2.88. The number of hydrogen-bond donors (Lipinski definition) is 1. The fourth-order valence-electron chi connectivity index (χ4n) is 1.90. The molecule has 0 bridgehead atoms. The molecule has 20 heavy (non-hydrogen) atoms. The number of nitrogens with one attached hydrogen (secondary N) is 1. The predicted molar refractivity (Wildman–Crippen MR) is 79.0 cm³/mol. The van der Waals surface area contributed by atoms with E-state index in [1.165, 1.54) is 18.2 Å². The molecule has 0 spiro atoms. The molecule has 0 unspecified atom stereocenters. The van der Waals surface area contributed by atoms with Crippen LogP contribution in [-0.2, 0) is 10.0 Å². The van der Waals surface area contributed by atoms with Gasteiger partial charge in [0.05, 0.1) is 0 Å². The Morgan fingerprint density at radius 2 is 1.85 bits per heavy atom. The van der Waals surface area contributed by atoms with Crippen LogP contribution in [0.5, 0.6) is 0 Å². The van der Waals surface area contributed by atoms with Crippen molar-refractivity contribution < 1.29 is 12.8 Å². The Kier molecular flexibility index (Phi) is 3.19. The van der Waals surface area contributed by atoms with Gasteiger partial charge >= 0.3 is 0 Å². The molecular formula is C14H10FNO2S2. The summed E-state index contributed by atoms with van der Waals surface area (Å²) in [7, 11) is -3.92. The summed E-state index contributed by atoms with van der Waals surface area (Å²) in [5.74, 6) is -0.767. The van der Waals surface area contributed by atoms with Gasteiger partial charge in [-0.3, -0.25) is 4.72 Å². The fraction of sp³-hybridized carbons (Fsp3) is 0. The van der Waals surface area contributed by atoms with Crippen molar-refractivity contribution in [3.63, 3.8) is 0 Å². The van der Waals surface area contributed by atoms with Crippen LogP contribution in [0.25, 0.3) is 10.1 Å². The number of anilines is 1. The highest BCUT2D eigenvalue weighted by atomic mass is 32.2. The normalized spacial score (nSPS) is 11.7. The van der Waals surface area contributed by atoms with Gasteiger partial charge in [-0.2, -0.15) is 0 Å². The molecule has 0 aliphatic carbocycles. The van der Waals surface area contributed by atoms with Crippen LogP contribution < -0.4 is 4.72 Å². The number of benzene rings is 2. The number of halogens is 1. The van der Waals surface area contributed by atoms with E-state index in [4.69, 9.17) is 0 Å². The van der Waals surface area contributed by atoms with Gasteiger partial charge in [-0.05, 0) is 47.2 Å². The van der Waals surface area contributed by atoms with E-state index in [2.05, 4.69) is 4.72 Å². The summed E-state index contributed by atoms with van der Waals surface area (Å²) >= 11 is 1.58. The van der Waals surface area contributed by atoms with Gasteiger partial charge in [-0.25, -0.2) is 12.8 Å². The van der Waals surface area contributed by atoms with Gasteiger partial charge in [-0.15, -0.1) is 11.3 Å². The lowest BCUT2D eigenvalue weighted by atomic mass is 10.2. The Bertz CT molecular complexity index is 872. The summed E-state index contributed by atoms with van der Waals surface area (Å²) in [4.78, 5) is -0.356. The van der Waals surface area contributed by atoms with Crippen LogP contribution in [0, 0.1) is 5.82 Å². The van der Waals surface area contributed by atoms with Gasteiger partial charge in [-0.1, -0.05) is 12.1 Å². The third kappa shape index (κ3) is 2.39. The van der Waals surface area contributed by atoms with E-state index in [1.54, 1.807) is 23.5 Å². The molecule has 0 aliphatic heterocycles. The van der Waals surface area contributed by atoms with E-state index < -0.39 is 15.8 Å². The summed E-state index contributed by atoms with van der Waals surface area (Å²) in [6, 6.07) is 12.4. The maximum Gasteiger partial charge on any atom is 0.264 e. The summed E-state index contributed by atoms with van der Waals surface area (Å²) < 4.78 is 41.3. The Balaban J connectivity index is 1.99. The Hall–Kier alpha value is -1.92. The van der Waals surface area contributed by atoms with Crippen LogP contribution in [0.4, 0.5) is 10.1 Å². The molecule has 1 heterocycles. The van der Waals surface area contributed by atoms with Gasteiger partial charge < -0.3 is 0 Å². The first-order valence-corrected chi connectivity index (χ1v) is 8.17. The van der Waals surface area contributed by atoms with Crippen LogP contribution in [0.1, 0.15) is 0 Å². The molecule has 102 valence electrons. The van der Waals surface area contributed by atoms with Gasteiger partial charge in [0.2, 0.25) is 0 Å². The van der Waals surface area contributed by atoms with Crippen LogP contribution in [0.2, 0.25) is 0 Å². The third-order valence-electron chi connectivity index (χ3n) is 2.83. The quantitative estimate of drug-likeness (QED) is 0.799. The molecule has 0 saturated carbocycles. The summed E-state index contributed by atoms with van der Waals surface area (Å²) in [6.45, 7) is 0. The van der Waals surface area contributed by atoms with Crippen molar-refractivity contribution in [3.8, 4) is 0 Å². The van der Waals surface area contributed by atoms with Crippen LogP contribution in [0.3, 0.4) is 0 Å². The summed E-state index contributed by atoms with van der Waals surface area (Å²) in [5.41, 5.74) is 0.416. The first-order chi connectivity index (χ1) is 9.56. The first-order valence-electron chi connectivity index (χ1n) is 5.81. The highest BCUT2D eigenvalue weighted by Crippen LogP contribution is 2.26. The Morgan fingerprint density at radius 3 is 2.65 bits per heavy atom. The topological polar surface area (TPSA) is 46.2 Å². The highest BCUT2D eigenvalue weighted by Gasteiger charge is 2.18. The van der Waals surface area contributed by atoms with Crippen LogP contribution in [-0.4, -0.2) is 8.42 Å². The number of rotatable bonds is 3. The van der Waals surface area contributed by atoms with Gasteiger partial charge in [0, 0.05) is 10.4 Å². The minimum Gasteiger partial charge on any atom is -0.280 e. The standard InChI is InChI=1S/C14H10FNO2S2/c15-12-3-1-2-4-14(12)20(17,18)16-11-5-6-13-10(9-11)7-8-19-13/h1-9,16H. The SMILES string of the molecule is O=S(=O)(Nc1ccc2sccc2c1)c1ccccc1F. The van der Waals surface area contributed by atoms with Crippen molar-refractivity contribution in [2.75, 3.05) is 4.72 Å². The molecule has 3 nitrogen and oxygen atoms in total. The van der Waals surface area contributed by atoms with E-state index >= 15 is 0 Å². The fourth-order valence-corrected chi connectivity index (χ4v) is 3.80. The minimum absolute atomic E-state index is 0.356. The van der Waals surface area contributed by atoms with Crippen molar-refractivity contribution in [2.24, 2.45) is 0 Å². The van der Waals surface area contributed by atoms with Crippen LogP contribution in [0.15, 0.2) is 58.8 Å². The molecule has 0 atom stereocenters. The monoisotopic (exact) mass is 307 g/mol. The van der Waals surface area contributed by atoms with Gasteiger partial charge in [0.25, 0.3) is 10.0 Å². The zero-order valence-corrected chi connectivity index (χ0v) is 11.8. The number of fused-ring (bicyclic) bond motifs is 1. The minimum atomic E-state index is -3.92. The zero-order valence-electron chi connectivity index (χ0n) is 10.2. The molecule has 0 amide bonds. The van der Waals surface area contributed by atoms with Crippen molar-refractivity contribution in [3.05, 3.63) is 59.7 Å². The van der Waals surface area contributed by atoms with E-state index in [0.29, 0.717) is 5.69 Å². The number of hydrogen-bond acceptors (Lipinski definition) is 3. The number of thiophene rings is 1. The largest absolute Gasteiger partial charge is 0.280 e. The van der Waals surface area contributed by atoms with Crippen molar-refractivity contribution in [1.29, 1.82) is 0 Å². The molecule has 6 heteroatoms. The second-order valence-electron chi connectivity index (χ2n) is 4.21. The van der Waals surface area contributed by atoms with Crippen molar-refractivity contribution in [1.82, 2.24) is 0 Å². The van der Waals surface area contributed by atoms with Gasteiger partial charge in [0.15, 0.2) is 0 Å². The van der Waals surface area contributed by atoms with E-state index in [0.717, 1.165) is 16.2 Å². The average Bonchev–Trinajstić information content (AvgIpc) is 2.86. The summed E-state index contributed by atoms with van der Waals surface area (Å²) in [6.07, 6.45) is 0. The first kappa shape index (κ1) is 13.1. The maximum absolute atomic E-state index is 13.6. The smallest absolute Gasteiger partial charge is 0.264 e. The molecule has 0 fully saturated rings. The predicted octanol–water partition coefficient (Wildman–Crippen LogP) is 3.84. The third-order valence-corrected chi connectivity index (χ3v) is 5.14. The molecular weight excluding hydrogens is 297 g/mol. The maximum atomic E-state index is 13.6. The van der Waals surface area contributed by atoms with Crippen molar-refractivity contribution in [2.45, 2.75) is 4.90 Å². The Morgan fingerprint density at radius 1 is 1.05 bits per heavy atom. The molecule has 2 aromatic carbocycles. The van der Waals surface area contributed by atoms with Crippen molar-refractivity contribution >= 4 is 37.1 Å². The lowest BCUT2D eigenvalue weighted by molar-refractivity contribution is 0.570. The Labute approximate surface area is 119 Å². The molecule has 1 aromatic heterocycles. The van der Waals surface area contributed by atoms with Gasteiger partial charge in [0.1, 0.15) is 10.7 Å². The molecule has 0 aliphatic rings. The molecule has 0 saturated heterocycles. The zero-order chi connectivity index (χ0) is 14.2. The lowest BCUT2D eigenvalue weighted by Gasteiger charge is -2.08.